The molecule has 0 bridgehead atoms. The number of para-hydroxylation sites is 2. The smallest absolute Gasteiger partial charge is 0.147 e. The van der Waals surface area contributed by atoms with Crippen LogP contribution in [0.15, 0.2) is 130 Å². The molecule has 9 rings (SSSR count). The first-order valence-electron chi connectivity index (χ1n) is 13.0. The van der Waals surface area contributed by atoms with Crippen LogP contribution in [-0.4, -0.2) is 9.38 Å². The molecule has 0 fully saturated rings. The molecule has 39 heavy (non-hydrogen) atoms. The average Bonchev–Trinajstić information content (AvgIpc) is 3.69. The monoisotopic (exact) mass is 500 g/mol. The number of hydrogen-bond donors (Lipinski definition) is 0. The quantitative estimate of drug-likeness (QED) is 0.237. The Hall–Kier alpha value is -5.35. The number of hydrogen-bond acceptors (Lipinski definition) is 3. The van der Waals surface area contributed by atoms with Crippen LogP contribution in [0.5, 0.6) is 0 Å². The summed E-state index contributed by atoms with van der Waals surface area (Å²) in [7, 11) is 0. The Morgan fingerprint density at radius 2 is 1.26 bits per heavy atom. The fraction of sp³-hybridized carbons (Fsp3) is 0. The number of fused-ring (bicyclic) bond motifs is 9. The third kappa shape index (κ3) is 2.97. The first-order chi connectivity index (χ1) is 19.3. The van der Waals surface area contributed by atoms with E-state index < -0.39 is 0 Å². The van der Waals surface area contributed by atoms with E-state index in [0.29, 0.717) is 0 Å². The molecule has 0 spiro atoms. The first kappa shape index (κ1) is 20.7. The second-order valence-corrected chi connectivity index (χ2v) is 10.1. The van der Waals surface area contributed by atoms with Gasteiger partial charge in [0.1, 0.15) is 28.0 Å². The Morgan fingerprint density at radius 1 is 0.564 bits per heavy atom. The number of pyridine rings is 1. The van der Waals surface area contributed by atoms with Gasteiger partial charge in [-0.25, -0.2) is 4.98 Å². The van der Waals surface area contributed by atoms with E-state index in [2.05, 4.69) is 77.3 Å². The van der Waals surface area contributed by atoms with Crippen molar-refractivity contribution in [3.8, 4) is 22.4 Å². The molecule has 182 valence electrons. The van der Waals surface area contributed by atoms with Crippen LogP contribution in [0.4, 0.5) is 0 Å². The van der Waals surface area contributed by atoms with Gasteiger partial charge in [0.05, 0.1) is 11.1 Å². The molecule has 9 aromatic rings. The van der Waals surface area contributed by atoms with Gasteiger partial charge in [-0.15, -0.1) is 0 Å². The number of nitrogens with zero attached hydrogens (tertiary/aromatic N) is 2. The molecule has 0 aliphatic carbocycles. The molecule has 4 nitrogen and oxygen atoms in total. The van der Waals surface area contributed by atoms with E-state index >= 15 is 0 Å². The zero-order valence-electron chi connectivity index (χ0n) is 20.8. The zero-order valence-corrected chi connectivity index (χ0v) is 20.8. The third-order valence-electron chi connectivity index (χ3n) is 7.80. The van der Waals surface area contributed by atoms with Crippen LogP contribution in [0.1, 0.15) is 0 Å². The lowest BCUT2D eigenvalue weighted by atomic mass is 9.96. The van der Waals surface area contributed by atoms with Gasteiger partial charge in [-0.1, -0.05) is 66.7 Å². The molecule has 0 aliphatic rings. The highest BCUT2D eigenvalue weighted by atomic mass is 16.3. The molecule has 4 aromatic heterocycles. The summed E-state index contributed by atoms with van der Waals surface area (Å²) in [4.78, 5) is 4.80. The van der Waals surface area contributed by atoms with Gasteiger partial charge in [0.25, 0.3) is 0 Å². The Morgan fingerprint density at radius 3 is 2.10 bits per heavy atom. The summed E-state index contributed by atoms with van der Waals surface area (Å²) >= 11 is 0. The Balaban J connectivity index is 1.27. The minimum atomic E-state index is 0.850. The van der Waals surface area contributed by atoms with Crippen molar-refractivity contribution in [2.75, 3.05) is 0 Å². The van der Waals surface area contributed by atoms with Crippen molar-refractivity contribution in [2.45, 2.75) is 0 Å². The summed E-state index contributed by atoms with van der Waals surface area (Å²) in [5.41, 5.74) is 8.65. The van der Waals surface area contributed by atoms with Crippen molar-refractivity contribution in [1.29, 1.82) is 0 Å². The highest BCUT2D eigenvalue weighted by molar-refractivity contribution is 6.25. The molecule has 4 heteroatoms. The van der Waals surface area contributed by atoms with E-state index in [1.807, 2.05) is 48.7 Å². The van der Waals surface area contributed by atoms with Crippen LogP contribution >= 0.6 is 0 Å². The summed E-state index contributed by atoms with van der Waals surface area (Å²) in [6.45, 7) is 0. The predicted octanol–water partition coefficient (Wildman–Crippen LogP) is 9.62. The highest BCUT2D eigenvalue weighted by Gasteiger charge is 2.20. The molecule has 0 aliphatic heterocycles. The summed E-state index contributed by atoms with van der Waals surface area (Å²) in [6.07, 6.45) is 4.10. The van der Waals surface area contributed by atoms with Crippen LogP contribution in [0.2, 0.25) is 0 Å². The summed E-state index contributed by atoms with van der Waals surface area (Å²) < 4.78 is 14.9. The fourth-order valence-electron chi connectivity index (χ4n) is 5.93. The molecule has 4 heterocycles. The van der Waals surface area contributed by atoms with E-state index in [0.717, 1.165) is 71.9 Å². The van der Waals surface area contributed by atoms with Crippen LogP contribution in [0.3, 0.4) is 0 Å². The molecular weight excluding hydrogens is 480 g/mol. The lowest BCUT2D eigenvalue weighted by Crippen LogP contribution is -1.83. The highest BCUT2D eigenvalue weighted by Crippen LogP contribution is 2.44. The molecule has 0 saturated heterocycles. The number of furan rings is 2. The molecule has 0 N–H and O–H groups in total. The lowest BCUT2D eigenvalue weighted by molar-refractivity contribution is 0.663. The number of benzene rings is 5. The second-order valence-electron chi connectivity index (χ2n) is 10.1. The van der Waals surface area contributed by atoms with Crippen molar-refractivity contribution >= 4 is 60.3 Å². The van der Waals surface area contributed by atoms with E-state index in [9.17, 15) is 0 Å². The predicted molar refractivity (Wildman–Crippen MR) is 158 cm³/mol. The molecule has 0 saturated carbocycles. The molecule has 0 amide bonds. The van der Waals surface area contributed by atoms with Gasteiger partial charge in [-0.3, -0.25) is 0 Å². The Labute approximate surface area is 222 Å². The van der Waals surface area contributed by atoms with Gasteiger partial charge in [-0.2, -0.15) is 0 Å². The van der Waals surface area contributed by atoms with Crippen molar-refractivity contribution in [3.05, 3.63) is 122 Å². The summed E-state index contributed by atoms with van der Waals surface area (Å²) in [5, 5.41) is 6.64. The van der Waals surface area contributed by atoms with Crippen molar-refractivity contribution < 1.29 is 8.83 Å². The van der Waals surface area contributed by atoms with Crippen LogP contribution in [0.25, 0.3) is 82.7 Å². The number of imidazole rings is 1. The van der Waals surface area contributed by atoms with Gasteiger partial charge >= 0.3 is 0 Å². The van der Waals surface area contributed by atoms with E-state index in [1.165, 1.54) is 10.8 Å². The largest absolute Gasteiger partial charge is 0.455 e. The lowest BCUT2D eigenvalue weighted by Gasteiger charge is -2.07. The van der Waals surface area contributed by atoms with Gasteiger partial charge in [0, 0.05) is 39.7 Å². The standard InChI is InChI=1S/C35H20N2O2/c1-3-9-30-25(7-1)28-19-27(34-33(35(28)38-30)26-8-2-4-10-31(26)39-34)23-14-12-22-18-24(15-13-21(22)17-23)29-20-37-16-6-5-11-32(37)36-29/h1-20H. The van der Waals surface area contributed by atoms with Crippen molar-refractivity contribution in [2.24, 2.45) is 0 Å². The maximum atomic E-state index is 6.49. The van der Waals surface area contributed by atoms with Crippen LogP contribution in [0, 0.1) is 0 Å². The Kier molecular flexibility index (Phi) is 4.02. The van der Waals surface area contributed by atoms with Gasteiger partial charge in [0.2, 0.25) is 0 Å². The summed E-state index contributed by atoms with van der Waals surface area (Å²) in [6, 6.07) is 37.9. The van der Waals surface area contributed by atoms with Crippen molar-refractivity contribution in [3.63, 3.8) is 0 Å². The van der Waals surface area contributed by atoms with Crippen LogP contribution < -0.4 is 0 Å². The van der Waals surface area contributed by atoms with Gasteiger partial charge in [0.15, 0.2) is 0 Å². The van der Waals surface area contributed by atoms with E-state index in [4.69, 9.17) is 13.8 Å². The van der Waals surface area contributed by atoms with Crippen LogP contribution in [-0.2, 0) is 0 Å². The van der Waals surface area contributed by atoms with E-state index in [-0.39, 0.29) is 0 Å². The fourth-order valence-corrected chi connectivity index (χ4v) is 5.93. The first-order valence-corrected chi connectivity index (χ1v) is 13.0. The minimum absolute atomic E-state index is 0.850. The van der Waals surface area contributed by atoms with E-state index in [1.54, 1.807) is 0 Å². The maximum Gasteiger partial charge on any atom is 0.147 e. The third-order valence-corrected chi connectivity index (χ3v) is 7.80. The molecule has 0 radical (unpaired) electrons. The van der Waals surface area contributed by atoms with Gasteiger partial charge < -0.3 is 13.2 Å². The molecule has 0 unspecified atom stereocenters. The molecular formula is C35H20N2O2. The topological polar surface area (TPSA) is 43.6 Å². The SMILES string of the molecule is c1ccc2c(c1)oc1c2cc(-c2ccc3cc(-c4cn5ccccc5n4)ccc3c2)c2oc3ccccc3c21. The number of rotatable bonds is 2. The zero-order chi connectivity index (χ0) is 25.5. The maximum absolute atomic E-state index is 6.49. The molecule has 5 aromatic carbocycles. The van der Waals surface area contributed by atoms with Crippen molar-refractivity contribution in [1.82, 2.24) is 9.38 Å². The number of aromatic nitrogens is 2. The average molecular weight is 501 g/mol. The Bertz CT molecular complexity index is 2370. The normalized spacial score (nSPS) is 12.1. The molecule has 0 atom stereocenters. The van der Waals surface area contributed by atoms with Gasteiger partial charge in [-0.05, 0) is 58.8 Å². The minimum Gasteiger partial charge on any atom is -0.455 e. The summed E-state index contributed by atoms with van der Waals surface area (Å²) in [5.74, 6) is 0. The second kappa shape index (κ2) is 7.59.